The van der Waals surface area contributed by atoms with E-state index < -0.39 is 0 Å². The van der Waals surface area contributed by atoms with E-state index >= 15 is 0 Å². The van der Waals surface area contributed by atoms with Crippen LogP contribution in [0, 0.1) is 5.92 Å². The van der Waals surface area contributed by atoms with Crippen LogP contribution in [-0.4, -0.2) is 44.3 Å². The van der Waals surface area contributed by atoms with E-state index in [-0.39, 0.29) is 17.4 Å². The zero-order valence-corrected chi connectivity index (χ0v) is 20.1. The minimum atomic E-state index is -0.0899. The van der Waals surface area contributed by atoms with Gasteiger partial charge in [-0.2, -0.15) is 0 Å². The molecule has 32 heavy (non-hydrogen) atoms. The highest BCUT2D eigenvalue weighted by molar-refractivity contribution is 5.73. The van der Waals surface area contributed by atoms with Crippen molar-refractivity contribution in [2.45, 2.75) is 58.1 Å². The van der Waals surface area contributed by atoms with Crippen molar-refractivity contribution < 1.29 is 19.0 Å². The average molecular weight is 440 g/mol. The van der Waals surface area contributed by atoms with Crippen LogP contribution in [0.5, 0.6) is 11.5 Å². The van der Waals surface area contributed by atoms with Crippen LogP contribution >= 0.6 is 0 Å². The Hall–Kier alpha value is -2.53. The molecule has 1 aliphatic rings. The summed E-state index contributed by atoms with van der Waals surface area (Å²) in [5.41, 5.74) is 2.23. The molecule has 2 aromatic carbocycles. The topological polar surface area (TPSA) is 48.0 Å². The summed E-state index contributed by atoms with van der Waals surface area (Å²) in [5.74, 6) is 2.26. The Kier molecular flexibility index (Phi) is 8.19. The predicted molar refractivity (Wildman–Crippen MR) is 127 cm³/mol. The molecule has 1 amide bonds. The molecule has 1 heterocycles. The molecule has 1 aliphatic heterocycles. The molecule has 0 aliphatic carbocycles. The van der Waals surface area contributed by atoms with Gasteiger partial charge in [0, 0.05) is 37.6 Å². The van der Waals surface area contributed by atoms with Crippen molar-refractivity contribution >= 4 is 5.91 Å². The van der Waals surface area contributed by atoms with Gasteiger partial charge in [-0.3, -0.25) is 4.79 Å². The Morgan fingerprint density at radius 1 is 1.12 bits per heavy atom. The second kappa shape index (κ2) is 10.9. The van der Waals surface area contributed by atoms with Crippen molar-refractivity contribution in [3.8, 4) is 11.5 Å². The largest absolute Gasteiger partial charge is 0.497 e. The highest BCUT2D eigenvalue weighted by Gasteiger charge is 2.41. The Labute approximate surface area is 192 Å². The normalized spacial score (nSPS) is 20.8. The highest BCUT2D eigenvalue weighted by Crippen LogP contribution is 2.45. The highest BCUT2D eigenvalue weighted by atomic mass is 16.5. The molecule has 2 atom stereocenters. The number of hydrogen-bond donors (Lipinski definition) is 0. The van der Waals surface area contributed by atoms with E-state index in [9.17, 15) is 4.79 Å². The van der Waals surface area contributed by atoms with Gasteiger partial charge in [0.1, 0.15) is 11.5 Å². The number of nitrogens with zero attached hydrogens (tertiary/aromatic N) is 1. The molecule has 0 radical (unpaired) electrons. The number of ether oxygens (including phenoxy) is 3. The molecule has 0 bridgehead atoms. The zero-order chi connectivity index (χ0) is 23.1. The van der Waals surface area contributed by atoms with Gasteiger partial charge in [0.2, 0.25) is 5.91 Å². The molecule has 2 aromatic rings. The standard InChI is InChI=1S/C27H37NO4/c1-20(2)26-18-27(15-17-32-26,24-8-6-7-9-25(24)31-5)14-16-28(21(3)29)19-22-10-12-23(30-4)13-11-22/h6-13,20,26H,14-19H2,1-5H3/t26-,27-/m0/s1. The number of methoxy groups -OCH3 is 2. The number of carbonyl (C=O) groups is 1. The first kappa shape index (κ1) is 24.1. The van der Waals surface area contributed by atoms with Gasteiger partial charge in [0.25, 0.3) is 0 Å². The summed E-state index contributed by atoms with van der Waals surface area (Å²) in [5, 5.41) is 0. The molecule has 174 valence electrons. The van der Waals surface area contributed by atoms with Gasteiger partial charge in [0.05, 0.1) is 20.3 Å². The fourth-order valence-corrected chi connectivity index (χ4v) is 4.72. The maximum atomic E-state index is 12.5. The molecule has 5 nitrogen and oxygen atoms in total. The number of hydrogen-bond acceptors (Lipinski definition) is 4. The number of amides is 1. The number of para-hydroxylation sites is 1. The van der Waals surface area contributed by atoms with E-state index in [2.05, 4.69) is 26.0 Å². The third-order valence-corrected chi connectivity index (χ3v) is 6.76. The van der Waals surface area contributed by atoms with Gasteiger partial charge in [-0.15, -0.1) is 0 Å². The second-order valence-electron chi connectivity index (χ2n) is 9.13. The van der Waals surface area contributed by atoms with Gasteiger partial charge >= 0.3 is 0 Å². The van der Waals surface area contributed by atoms with Crippen LogP contribution < -0.4 is 9.47 Å². The van der Waals surface area contributed by atoms with Gasteiger partial charge in [-0.25, -0.2) is 0 Å². The average Bonchev–Trinajstić information content (AvgIpc) is 2.82. The molecular weight excluding hydrogens is 402 g/mol. The summed E-state index contributed by atoms with van der Waals surface area (Å²) in [7, 11) is 3.39. The molecule has 1 fully saturated rings. The molecule has 3 rings (SSSR count). The fourth-order valence-electron chi connectivity index (χ4n) is 4.72. The van der Waals surface area contributed by atoms with E-state index in [0.717, 1.165) is 42.9 Å². The molecule has 0 spiro atoms. The summed E-state index contributed by atoms with van der Waals surface area (Å²) in [4.78, 5) is 14.5. The lowest BCUT2D eigenvalue weighted by Crippen LogP contribution is -2.43. The maximum Gasteiger partial charge on any atom is 0.219 e. The first-order valence-corrected chi connectivity index (χ1v) is 11.5. The lowest BCUT2D eigenvalue weighted by Gasteiger charge is -2.44. The van der Waals surface area contributed by atoms with Gasteiger partial charge < -0.3 is 19.1 Å². The quantitative estimate of drug-likeness (QED) is 0.538. The molecule has 1 saturated heterocycles. The van der Waals surface area contributed by atoms with Crippen molar-refractivity contribution in [3.05, 3.63) is 59.7 Å². The van der Waals surface area contributed by atoms with E-state index in [4.69, 9.17) is 14.2 Å². The molecule has 0 unspecified atom stereocenters. The summed E-state index contributed by atoms with van der Waals surface area (Å²) in [6, 6.07) is 16.2. The Bertz CT molecular complexity index is 879. The monoisotopic (exact) mass is 439 g/mol. The first-order valence-electron chi connectivity index (χ1n) is 11.5. The number of rotatable bonds is 9. The zero-order valence-electron chi connectivity index (χ0n) is 20.1. The van der Waals surface area contributed by atoms with Crippen LogP contribution in [0.2, 0.25) is 0 Å². The van der Waals surface area contributed by atoms with Crippen molar-refractivity contribution in [2.75, 3.05) is 27.4 Å². The van der Waals surface area contributed by atoms with Crippen molar-refractivity contribution in [1.29, 1.82) is 0 Å². The SMILES string of the molecule is COc1ccc(CN(CC[C@]2(c3ccccc3OC)CCO[C@H](C(C)C)C2)C(C)=O)cc1. The van der Waals surface area contributed by atoms with Crippen molar-refractivity contribution in [3.63, 3.8) is 0 Å². The van der Waals surface area contributed by atoms with Crippen LogP contribution in [0.3, 0.4) is 0 Å². The molecule has 0 N–H and O–H groups in total. The van der Waals surface area contributed by atoms with E-state index in [1.807, 2.05) is 41.3 Å². The smallest absolute Gasteiger partial charge is 0.219 e. The van der Waals surface area contributed by atoms with Crippen LogP contribution in [0.25, 0.3) is 0 Å². The molecule has 5 heteroatoms. The van der Waals surface area contributed by atoms with Crippen LogP contribution in [0.1, 0.15) is 51.2 Å². The van der Waals surface area contributed by atoms with E-state index in [0.29, 0.717) is 19.0 Å². The summed E-state index contributed by atoms with van der Waals surface area (Å²) >= 11 is 0. The number of benzene rings is 2. The third-order valence-electron chi connectivity index (χ3n) is 6.76. The van der Waals surface area contributed by atoms with Crippen LogP contribution in [0.4, 0.5) is 0 Å². The minimum Gasteiger partial charge on any atom is -0.497 e. The van der Waals surface area contributed by atoms with Gasteiger partial charge in [-0.05, 0) is 48.9 Å². The minimum absolute atomic E-state index is 0.0865. The molecule has 0 saturated carbocycles. The van der Waals surface area contributed by atoms with Crippen LogP contribution in [0.15, 0.2) is 48.5 Å². The lowest BCUT2D eigenvalue weighted by molar-refractivity contribution is -0.130. The predicted octanol–water partition coefficient (Wildman–Crippen LogP) is 5.22. The second-order valence-corrected chi connectivity index (χ2v) is 9.13. The Morgan fingerprint density at radius 3 is 2.47 bits per heavy atom. The Morgan fingerprint density at radius 2 is 1.84 bits per heavy atom. The Balaban J connectivity index is 1.85. The lowest BCUT2D eigenvalue weighted by atomic mass is 9.68. The molecular formula is C27H37NO4. The summed E-state index contributed by atoms with van der Waals surface area (Å²) < 4.78 is 17.1. The van der Waals surface area contributed by atoms with Crippen molar-refractivity contribution in [1.82, 2.24) is 4.90 Å². The summed E-state index contributed by atoms with van der Waals surface area (Å²) in [6.07, 6.45) is 2.92. The van der Waals surface area contributed by atoms with E-state index in [1.54, 1.807) is 21.1 Å². The van der Waals surface area contributed by atoms with E-state index in [1.165, 1.54) is 5.56 Å². The van der Waals surface area contributed by atoms with Gasteiger partial charge in [-0.1, -0.05) is 44.2 Å². The van der Waals surface area contributed by atoms with Crippen molar-refractivity contribution in [2.24, 2.45) is 5.92 Å². The molecule has 0 aromatic heterocycles. The third kappa shape index (κ3) is 5.63. The van der Waals surface area contributed by atoms with Crippen LogP contribution in [-0.2, 0) is 21.5 Å². The fraction of sp³-hybridized carbons (Fsp3) is 0.519. The number of carbonyl (C=O) groups excluding carboxylic acids is 1. The summed E-state index contributed by atoms with van der Waals surface area (Å²) in [6.45, 7) is 8.08. The maximum absolute atomic E-state index is 12.5. The van der Waals surface area contributed by atoms with Gasteiger partial charge in [0.15, 0.2) is 0 Å². The first-order chi connectivity index (χ1) is 15.4.